The summed E-state index contributed by atoms with van der Waals surface area (Å²) in [5.74, 6) is 0.331. The Morgan fingerprint density at radius 3 is 1.61 bits per heavy atom. The normalized spacial score (nSPS) is 12.1. The molecule has 0 fully saturated rings. The first kappa shape index (κ1) is 29.1. The molecular formula is C15H33ClNaO5P. The van der Waals surface area contributed by atoms with E-state index in [4.69, 9.17) is 30.8 Å². The zero-order valence-electron chi connectivity index (χ0n) is 14.7. The van der Waals surface area contributed by atoms with Gasteiger partial charge in [-0.25, -0.2) is 4.57 Å². The number of hydrogen-bond acceptors (Lipinski definition) is 2. The van der Waals surface area contributed by atoms with E-state index in [9.17, 15) is 5.11 Å². The summed E-state index contributed by atoms with van der Waals surface area (Å²) in [6.45, 7) is 2.26. The van der Waals surface area contributed by atoms with E-state index in [1.807, 2.05) is 6.42 Å². The molecule has 0 amide bonds. The monoisotopic (exact) mass is 382 g/mol. The molecule has 1 unspecified atom stereocenters. The van der Waals surface area contributed by atoms with Gasteiger partial charge in [-0.3, -0.25) is 6.42 Å². The Kier molecular flexibility index (Phi) is 27.1. The average Bonchev–Trinajstić information content (AvgIpc) is 2.42. The zero-order valence-corrected chi connectivity index (χ0v) is 18.3. The molecule has 0 aliphatic heterocycles. The van der Waals surface area contributed by atoms with Gasteiger partial charge in [0.2, 0.25) is 0 Å². The molecule has 0 radical (unpaired) electrons. The van der Waals surface area contributed by atoms with Crippen molar-refractivity contribution in [2.45, 2.75) is 83.7 Å². The Balaban J connectivity index is -0.000000578. The van der Waals surface area contributed by atoms with Crippen molar-refractivity contribution in [3.8, 4) is 0 Å². The molecule has 0 aromatic carbocycles. The number of phosphoric acid groups is 1. The second-order valence-electron chi connectivity index (χ2n) is 5.44. The van der Waals surface area contributed by atoms with E-state index in [0.29, 0.717) is 5.88 Å². The fourth-order valence-corrected chi connectivity index (χ4v) is 2.13. The second-order valence-corrected chi connectivity index (χ2v) is 6.78. The maximum Gasteiger partial charge on any atom is 1.00 e. The standard InChI is InChI=1S/C15H30ClO.Na.H3O4P/c1-2-3-4-5-6-7-8-9-10-11-12-13-15(17)14-16;;1-5(2,3)4/h13,15,17H,2-12,14H2,1H3;;(H3,1,2,3,4)/q-1;+1;. The van der Waals surface area contributed by atoms with Crippen LogP contribution in [0.25, 0.3) is 0 Å². The van der Waals surface area contributed by atoms with Gasteiger partial charge in [0.1, 0.15) is 0 Å². The fourth-order valence-electron chi connectivity index (χ4n) is 2.01. The van der Waals surface area contributed by atoms with Crippen LogP contribution in [-0.4, -0.2) is 31.8 Å². The van der Waals surface area contributed by atoms with Crippen LogP contribution in [0, 0.1) is 6.42 Å². The van der Waals surface area contributed by atoms with Crippen molar-refractivity contribution in [2.75, 3.05) is 5.88 Å². The number of unbranched alkanes of at least 4 members (excludes halogenated alkanes) is 10. The summed E-state index contributed by atoms with van der Waals surface area (Å²) < 4.78 is 8.88. The summed E-state index contributed by atoms with van der Waals surface area (Å²) in [6, 6.07) is 0. The van der Waals surface area contributed by atoms with Gasteiger partial charge in [0.25, 0.3) is 0 Å². The summed E-state index contributed by atoms with van der Waals surface area (Å²) in [5.41, 5.74) is 0. The number of halogens is 1. The number of aliphatic hydroxyl groups excluding tert-OH is 1. The molecule has 8 heteroatoms. The minimum absolute atomic E-state index is 0. The molecule has 0 bridgehead atoms. The zero-order chi connectivity index (χ0) is 17.3. The summed E-state index contributed by atoms with van der Waals surface area (Å²) in [7, 11) is -4.64. The Bertz CT molecular complexity index is 258. The predicted octanol–water partition coefficient (Wildman–Crippen LogP) is 1.18. The predicted molar refractivity (Wildman–Crippen MR) is 91.8 cm³/mol. The topological polar surface area (TPSA) is 98.0 Å². The summed E-state index contributed by atoms with van der Waals surface area (Å²) in [5, 5.41) is 9.21. The summed E-state index contributed by atoms with van der Waals surface area (Å²) in [4.78, 5) is 21.6. The van der Waals surface area contributed by atoms with Crippen molar-refractivity contribution in [2.24, 2.45) is 0 Å². The first-order valence-electron chi connectivity index (χ1n) is 8.16. The molecule has 5 nitrogen and oxygen atoms in total. The molecule has 136 valence electrons. The van der Waals surface area contributed by atoms with Crippen LogP contribution in [0.2, 0.25) is 0 Å². The van der Waals surface area contributed by atoms with E-state index < -0.39 is 13.9 Å². The minimum Gasteiger partial charge on any atom is -0.424 e. The molecule has 1 atom stereocenters. The molecule has 0 aromatic rings. The van der Waals surface area contributed by atoms with Crippen molar-refractivity contribution in [3.63, 3.8) is 0 Å². The van der Waals surface area contributed by atoms with Crippen LogP contribution in [-0.2, 0) is 4.57 Å². The van der Waals surface area contributed by atoms with Crippen LogP contribution >= 0.6 is 19.4 Å². The van der Waals surface area contributed by atoms with E-state index >= 15 is 0 Å². The quantitative estimate of drug-likeness (QED) is 0.126. The number of aliphatic hydroxyl groups is 1. The number of hydrogen-bond donors (Lipinski definition) is 4. The van der Waals surface area contributed by atoms with E-state index in [-0.39, 0.29) is 29.6 Å². The molecular weight excluding hydrogens is 350 g/mol. The fraction of sp³-hybridized carbons (Fsp3) is 0.933. The van der Waals surface area contributed by atoms with Gasteiger partial charge in [-0.1, -0.05) is 77.2 Å². The van der Waals surface area contributed by atoms with Gasteiger partial charge in [-0.05, 0) is 0 Å². The van der Waals surface area contributed by atoms with Crippen LogP contribution in [0.5, 0.6) is 0 Å². The van der Waals surface area contributed by atoms with Crippen LogP contribution in [0.15, 0.2) is 0 Å². The third-order valence-electron chi connectivity index (χ3n) is 3.15. The van der Waals surface area contributed by atoms with E-state index in [2.05, 4.69) is 6.92 Å². The molecule has 0 saturated carbocycles. The average molecular weight is 383 g/mol. The number of alkyl halides is 1. The van der Waals surface area contributed by atoms with Crippen molar-refractivity contribution in [1.29, 1.82) is 0 Å². The van der Waals surface area contributed by atoms with Crippen molar-refractivity contribution < 1.29 is 53.9 Å². The molecule has 0 spiro atoms. The Morgan fingerprint density at radius 1 is 0.913 bits per heavy atom. The molecule has 23 heavy (non-hydrogen) atoms. The SMILES string of the molecule is CCCCCCCCCCCC[CH-]C(O)CCl.O=P(O)(O)O.[Na+]. The molecule has 0 heterocycles. The Labute approximate surface area is 168 Å². The van der Waals surface area contributed by atoms with Crippen LogP contribution < -0.4 is 29.6 Å². The maximum absolute atomic E-state index is 9.21. The van der Waals surface area contributed by atoms with Crippen LogP contribution in [0.3, 0.4) is 0 Å². The Morgan fingerprint density at radius 2 is 1.26 bits per heavy atom. The molecule has 0 aliphatic carbocycles. The summed E-state index contributed by atoms with van der Waals surface area (Å²) >= 11 is 5.50. The van der Waals surface area contributed by atoms with Gasteiger partial charge in [-0.2, -0.15) is 6.42 Å². The van der Waals surface area contributed by atoms with Crippen LogP contribution in [0.4, 0.5) is 0 Å². The smallest absolute Gasteiger partial charge is 0.424 e. The van der Waals surface area contributed by atoms with Gasteiger partial charge in [0.05, 0.1) is 0 Å². The van der Waals surface area contributed by atoms with Gasteiger partial charge in [-0.15, -0.1) is 11.6 Å². The van der Waals surface area contributed by atoms with Gasteiger partial charge in [0.15, 0.2) is 0 Å². The molecule has 4 N–H and O–H groups in total. The van der Waals surface area contributed by atoms with Crippen molar-refractivity contribution >= 4 is 19.4 Å². The van der Waals surface area contributed by atoms with Gasteiger partial charge >= 0.3 is 37.4 Å². The van der Waals surface area contributed by atoms with E-state index in [1.54, 1.807) is 0 Å². The third-order valence-corrected chi connectivity index (χ3v) is 3.47. The first-order valence-corrected chi connectivity index (χ1v) is 10.3. The van der Waals surface area contributed by atoms with E-state index in [1.165, 1.54) is 64.2 Å². The molecule has 0 aromatic heterocycles. The largest absolute Gasteiger partial charge is 1.00 e. The van der Waals surface area contributed by atoms with Gasteiger partial charge in [0, 0.05) is 5.88 Å². The summed E-state index contributed by atoms with van der Waals surface area (Å²) in [6.07, 6.45) is 16.1. The Hall–Kier alpha value is 1.36. The second kappa shape index (κ2) is 21.4. The third kappa shape index (κ3) is 39.8. The van der Waals surface area contributed by atoms with Crippen molar-refractivity contribution in [3.05, 3.63) is 6.42 Å². The van der Waals surface area contributed by atoms with E-state index in [0.717, 1.165) is 6.42 Å². The van der Waals surface area contributed by atoms with Crippen molar-refractivity contribution in [1.82, 2.24) is 0 Å². The first-order chi connectivity index (χ1) is 10.3. The molecule has 0 saturated heterocycles. The molecule has 0 rings (SSSR count). The number of rotatable bonds is 13. The maximum atomic E-state index is 9.21. The van der Waals surface area contributed by atoms with Crippen LogP contribution in [0.1, 0.15) is 77.6 Å². The van der Waals surface area contributed by atoms with Gasteiger partial charge < -0.3 is 19.8 Å². The molecule has 0 aliphatic rings. The minimum atomic E-state index is -4.64.